The number of benzene rings is 1. The highest BCUT2D eigenvalue weighted by Gasteiger charge is 2.52. The minimum absolute atomic E-state index is 0.255. The van der Waals surface area contributed by atoms with Crippen LogP contribution in [0.2, 0.25) is 0 Å². The largest absolute Gasteiger partial charge is 0.494 e. The van der Waals surface area contributed by atoms with Gasteiger partial charge in [-0.2, -0.15) is 0 Å². The average Bonchev–Trinajstić information content (AvgIpc) is 3.04. The summed E-state index contributed by atoms with van der Waals surface area (Å²) in [4.78, 5) is 38.2. The molecule has 2 saturated heterocycles. The zero-order valence-corrected chi connectivity index (χ0v) is 23.5. The van der Waals surface area contributed by atoms with Crippen LogP contribution in [0.5, 0.6) is 0 Å². The first kappa shape index (κ1) is 30.9. The summed E-state index contributed by atoms with van der Waals surface area (Å²) in [5, 5.41) is 2.42. The molecule has 2 aliphatic rings. The number of amides is 1. The van der Waals surface area contributed by atoms with Crippen molar-refractivity contribution in [2.45, 2.75) is 103 Å². The number of hydrogen-bond donors (Lipinski definition) is 3. The van der Waals surface area contributed by atoms with E-state index in [1.54, 1.807) is 26.8 Å². The van der Waals surface area contributed by atoms with Crippen LogP contribution in [0.4, 0.5) is 13.6 Å². The Morgan fingerprint density at radius 2 is 1.77 bits per heavy atom. The fraction of sp³-hybridized carbons (Fsp3) is 0.654. The van der Waals surface area contributed by atoms with Gasteiger partial charge in [-0.25, -0.2) is 28.6 Å². The Morgan fingerprint density at radius 1 is 1.13 bits per heavy atom. The minimum atomic E-state index is -2.82. The molecule has 0 saturated carbocycles. The van der Waals surface area contributed by atoms with E-state index >= 15 is 0 Å². The van der Waals surface area contributed by atoms with Crippen molar-refractivity contribution in [3.05, 3.63) is 29.3 Å². The first-order valence-electron chi connectivity index (χ1n) is 13.0. The molecule has 0 spiro atoms. The topological polar surface area (TPSA) is 124 Å². The van der Waals surface area contributed by atoms with Gasteiger partial charge >= 0.3 is 25.2 Å². The highest BCUT2D eigenvalue weighted by atomic mass is 19.3. The standard InChI is InChI=1S/C26H38BF2N3O7/c1-24(2,3)37-23(35)31-19(22(34)36-21(33)18-9-8-10-30-32-18)13-15-11-16(20(28)29)14-17(12-15)27-38-25(4,5)26(6,7)39-27/h11-12,14,18-20,30,32H,8-10,13H2,1-7H3,(H,31,35)/t18?,19-/m0/s1. The predicted molar refractivity (Wildman–Crippen MR) is 139 cm³/mol. The van der Waals surface area contributed by atoms with Crippen molar-refractivity contribution in [1.82, 2.24) is 16.2 Å². The molecule has 2 heterocycles. The van der Waals surface area contributed by atoms with E-state index in [0.717, 1.165) is 0 Å². The summed E-state index contributed by atoms with van der Waals surface area (Å²) < 4.78 is 50.1. The van der Waals surface area contributed by atoms with Crippen molar-refractivity contribution in [3.63, 3.8) is 0 Å². The second-order valence-corrected chi connectivity index (χ2v) is 11.8. The van der Waals surface area contributed by atoms with Gasteiger partial charge in [0.25, 0.3) is 6.43 Å². The number of carbonyl (C=O) groups excluding carboxylic acids is 3. The lowest BCUT2D eigenvalue weighted by atomic mass is 9.77. The Kier molecular flexibility index (Phi) is 9.41. The third kappa shape index (κ3) is 8.20. The van der Waals surface area contributed by atoms with Crippen molar-refractivity contribution in [2.24, 2.45) is 0 Å². The Morgan fingerprint density at radius 3 is 2.31 bits per heavy atom. The number of alkyl halides is 2. The minimum Gasteiger partial charge on any atom is -0.444 e. The van der Waals surface area contributed by atoms with Gasteiger partial charge < -0.3 is 24.1 Å². The van der Waals surface area contributed by atoms with E-state index in [1.807, 2.05) is 27.7 Å². The third-order valence-electron chi connectivity index (χ3n) is 6.79. The summed E-state index contributed by atoms with van der Waals surface area (Å²) in [5.41, 5.74) is 3.61. The van der Waals surface area contributed by atoms with E-state index in [1.165, 1.54) is 12.1 Å². The second-order valence-electron chi connectivity index (χ2n) is 11.8. The number of hydrazine groups is 1. The molecule has 216 valence electrons. The van der Waals surface area contributed by atoms with Crippen LogP contribution >= 0.6 is 0 Å². The third-order valence-corrected chi connectivity index (χ3v) is 6.79. The van der Waals surface area contributed by atoms with Gasteiger partial charge in [0.2, 0.25) is 0 Å². The summed E-state index contributed by atoms with van der Waals surface area (Å²) in [6.45, 7) is 13.0. The molecule has 0 aliphatic carbocycles. The number of hydrogen-bond acceptors (Lipinski definition) is 9. The molecule has 0 aromatic heterocycles. The first-order valence-corrected chi connectivity index (χ1v) is 13.0. The fourth-order valence-corrected chi connectivity index (χ4v) is 4.06. The molecule has 2 fully saturated rings. The molecule has 13 heteroatoms. The van der Waals surface area contributed by atoms with Gasteiger partial charge in [0.05, 0.1) is 11.2 Å². The van der Waals surface area contributed by atoms with Crippen LogP contribution in [0, 0.1) is 0 Å². The fourth-order valence-electron chi connectivity index (χ4n) is 4.06. The lowest BCUT2D eigenvalue weighted by Gasteiger charge is -2.32. The van der Waals surface area contributed by atoms with Gasteiger partial charge in [0.1, 0.15) is 17.7 Å². The van der Waals surface area contributed by atoms with Crippen LogP contribution < -0.4 is 21.6 Å². The van der Waals surface area contributed by atoms with Gasteiger partial charge in [-0.05, 0) is 72.3 Å². The van der Waals surface area contributed by atoms with E-state index in [9.17, 15) is 23.2 Å². The number of carbonyl (C=O) groups is 3. The van der Waals surface area contributed by atoms with E-state index in [2.05, 4.69) is 16.2 Å². The van der Waals surface area contributed by atoms with Gasteiger partial charge in [-0.1, -0.05) is 18.2 Å². The Balaban J connectivity index is 1.88. The SMILES string of the molecule is CC(C)(C)OC(=O)N[C@@H](Cc1cc(B2OC(C)(C)C(C)(C)O2)cc(C(F)F)c1)C(=O)OC(=O)C1CCCNN1. The molecular formula is C26H38BF2N3O7. The van der Waals surface area contributed by atoms with E-state index in [4.69, 9.17) is 18.8 Å². The zero-order chi connectivity index (χ0) is 29.2. The maximum atomic E-state index is 13.9. The molecule has 0 bridgehead atoms. The summed E-state index contributed by atoms with van der Waals surface area (Å²) in [5.74, 6) is -1.86. The van der Waals surface area contributed by atoms with Crippen molar-refractivity contribution in [1.29, 1.82) is 0 Å². The van der Waals surface area contributed by atoms with Gasteiger partial charge in [0.15, 0.2) is 0 Å². The average molecular weight is 553 g/mol. The van der Waals surface area contributed by atoms with Gasteiger partial charge in [0, 0.05) is 18.5 Å². The Labute approximate surface area is 228 Å². The van der Waals surface area contributed by atoms with Crippen LogP contribution in [-0.4, -0.2) is 60.6 Å². The summed E-state index contributed by atoms with van der Waals surface area (Å²) >= 11 is 0. The number of rotatable bonds is 7. The highest BCUT2D eigenvalue weighted by Crippen LogP contribution is 2.36. The van der Waals surface area contributed by atoms with E-state index in [-0.39, 0.29) is 17.5 Å². The van der Waals surface area contributed by atoms with Crippen LogP contribution in [0.15, 0.2) is 18.2 Å². The Bertz CT molecular complexity index is 1060. The molecule has 1 aromatic rings. The van der Waals surface area contributed by atoms with Crippen LogP contribution in [0.3, 0.4) is 0 Å². The summed E-state index contributed by atoms with van der Waals surface area (Å²) in [6, 6.07) is 1.93. The van der Waals surface area contributed by atoms with Crippen molar-refractivity contribution in [3.8, 4) is 0 Å². The molecule has 3 N–H and O–H groups in total. The number of ether oxygens (including phenoxy) is 2. The zero-order valence-electron chi connectivity index (χ0n) is 23.5. The Hall–Kier alpha value is -2.61. The van der Waals surface area contributed by atoms with Crippen LogP contribution in [-0.2, 0) is 34.8 Å². The number of nitrogens with one attached hydrogen (secondary N) is 3. The molecule has 1 amide bonds. The molecule has 1 aromatic carbocycles. The van der Waals surface area contributed by atoms with Crippen LogP contribution in [0.1, 0.15) is 78.9 Å². The van der Waals surface area contributed by atoms with E-state index in [0.29, 0.717) is 24.8 Å². The quantitative estimate of drug-likeness (QED) is 0.266. The number of alkyl carbamates (subject to hydrolysis) is 1. The molecular weight excluding hydrogens is 515 g/mol. The highest BCUT2D eigenvalue weighted by molar-refractivity contribution is 6.62. The first-order chi connectivity index (χ1) is 18.0. The van der Waals surface area contributed by atoms with Gasteiger partial charge in [-0.3, -0.25) is 5.43 Å². The maximum Gasteiger partial charge on any atom is 0.494 e. The molecule has 2 aliphatic heterocycles. The monoisotopic (exact) mass is 553 g/mol. The second kappa shape index (κ2) is 11.9. The number of esters is 2. The molecule has 2 atom stereocenters. The summed E-state index contributed by atoms with van der Waals surface area (Å²) in [6.07, 6.45) is -2.85. The molecule has 1 unspecified atom stereocenters. The molecule has 39 heavy (non-hydrogen) atoms. The van der Waals surface area contributed by atoms with Gasteiger partial charge in [-0.15, -0.1) is 0 Å². The maximum absolute atomic E-state index is 13.9. The lowest BCUT2D eigenvalue weighted by molar-refractivity contribution is -0.163. The smallest absolute Gasteiger partial charge is 0.444 e. The number of halogens is 2. The van der Waals surface area contributed by atoms with Crippen molar-refractivity contribution in [2.75, 3.05) is 6.54 Å². The summed E-state index contributed by atoms with van der Waals surface area (Å²) in [7, 11) is -0.928. The van der Waals surface area contributed by atoms with Crippen LogP contribution in [0.25, 0.3) is 0 Å². The molecule has 0 radical (unpaired) electrons. The van der Waals surface area contributed by atoms with E-state index < -0.39 is 60.5 Å². The van der Waals surface area contributed by atoms with Crippen molar-refractivity contribution < 1.29 is 41.9 Å². The lowest BCUT2D eigenvalue weighted by Crippen LogP contribution is -2.52. The predicted octanol–water partition coefficient (Wildman–Crippen LogP) is 2.69. The molecule has 3 rings (SSSR count). The van der Waals surface area contributed by atoms with Crippen molar-refractivity contribution >= 4 is 30.6 Å². The molecule has 10 nitrogen and oxygen atoms in total. The normalized spacial score (nSPS) is 21.4.